The Morgan fingerprint density at radius 3 is 2.53 bits per heavy atom. The molecule has 180 valence electrons. The fraction of sp³-hybridized carbons (Fsp3) is 0.0385. The molecule has 1 amide bonds. The Morgan fingerprint density at radius 1 is 0.972 bits per heavy atom. The molecular weight excluding hydrogens is 515 g/mol. The average molecular weight is 534 g/mol. The first-order valence-corrected chi connectivity index (χ1v) is 14.0. The van der Waals surface area contributed by atoms with E-state index < -0.39 is 10.1 Å². The van der Waals surface area contributed by atoms with Gasteiger partial charge in [0.15, 0.2) is 4.34 Å². The van der Waals surface area contributed by atoms with Crippen LogP contribution in [0.3, 0.4) is 0 Å². The summed E-state index contributed by atoms with van der Waals surface area (Å²) in [6.07, 6.45) is 1.47. The Kier molecular flexibility index (Phi) is 6.99. The molecule has 7 nitrogen and oxygen atoms in total. The van der Waals surface area contributed by atoms with E-state index in [0.29, 0.717) is 5.56 Å². The Hall–Kier alpha value is -3.73. The number of nitrogens with one attached hydrogen (secondary N) is 1. The molecule has 0 bridgehead atoms. The van der Waals surface area contributed by atoms with E-state index in [1.807, 2.05) is 48.5 Å². The summed E-state index contributed by atoms with van der Waals surface area (Å²) >= 11 is 2.90. The number of thiazole rings is 1. The van der Waals surface area contributed by atoms with Gasteiger partial charge >= 0.3 is 10.1 Å². The minimum absolute atomic E-state index is 0.0817. The maximum absolute atomic E-state index is 12.7. The zero-order valence-corrected chi connectivity index (χ0v) is 21.1. The van der Waals surface area contributed by atoms with Gasteiger partial charge in [0.25, 0.3) is 5.91 Å². The smallest absolute Gasteiger partial charge is 0.339 e. The van der Waals surface area contributed by atoms with Gasteiger partial charge in [-0.3, -0.25) is 4.79 Å². The fourth-order valence-electron chi connectivity index (χ4n) is 3.36. The summed E-state index contributed by atoms with van der Waals surface area (Å²) in [7, 11) is -3.98. The Balaban J connectivity index is 1.15. The van der Waals surface area contributed by atoms with Gasteiger partial charge in [0.1, 0.15) is 10.6 Å². The lowest BCUT2D eigenvalue weighted by Gasteiger charge is -2.08. The highest BCUT2D eigenvalue weighted by Crippen LogP contribution is 2.29. The molecule has 0 aliphatic heterocycles. The molecule has 5 rings (SSSR count). The van der Waals surface area contributed by atoms with Gasteiger partial charge in [-0.05, 0) is 64.9 Å². The summed E-state index contributed by atoms with van der Waals surface area (Å²) in [5.74, 6) is 0.116. The first-order valence-electron chi connectivity index (χ1n) is 10.8. The van der Waals surface area contributed by atoms with Crippen molar-refractivity contribution in [3.63, 3.8) is 0 Å². The van der Waals surface area contributed by atoms with Crippen molar-refractivity contribution in [2.45, 2.75) is 9.24 Å². The molecule has 5 aromatic rings. The van der Waals surface area contributed by atoms with Crippen LogP contribution in [0.15, 0.2) is 105 Å². The van der Waals surface area contributed by atoms with Crippen LogP contribution in [0, 0.1) is 0 Å². The number of para-hydroxylation sites is 1. The summed E-state index contributed by atoms with van der Waals surface area (Å²) in [6.45, 7) is 0. The summed E-state index contributed by atoms with van der Waals surface area (Å²) in [4.78, 5) is 16.7. The zero-order valence-electron chi connectivity index (χ0n) is 18.7. The molecule has 0 radical (unpaired) electrons. The van der Waals surface area contributed by atoms with E-state index in [1.54, 1.807) is 35.6 Å². The first-order chi connectivity index (χ1) is 17.5. The van der Waals surface area contributed by atoms with E-state index in [2.05, 4.69) is 15.5 Å². The van der Waals surface area contributed by atoms with Crippen molar-refractivity contribution in [2.75, 3.05) is 5.75 Å². The Bertz CT molecular complexity index is 1650. The van der Waals surface area contributed by atoms with E-state index in [4.69, 9.17) is 4.18 Å². The summed E-state index contributed by atoms with van der Waals surface area (Å²) in [5.41, 5.74) is 4.07. The highest BCUT2D eigenvalue weighted by atomic mass is 32.2. The van der Waals surface area contributed by atoms with Crippen molar-refractivity contribution in [1.82, 2.24) is 10.4 Å². The molecule has 0 aliphatic carbocycles. The van der Waals surface area contributed by atoms with Crippen molar-refractivity contribution in [1.29, 1.82) is 0 Å². The number of hydrogen-bond acceptors (Lipinski definition) is 8. The summed E-state index contributed by atoms with van der Waals surface area (Å²) in [6, 6.07) is 26.6. The van der Waals surface area contributed by atoms with Gasteiger partial charge in [-0.2, -0.15) is 13.5 Å². The van der Waals surface area contributed by atoms with E-state index >= 15 is 0 Å². The predicted molar refractivity (Wildman–Crippen MR) is 144 cm³/mol. The van der Waals surface area contributed by atoms with E-state index in [9.17, 15) is 13.2 Å². The SMILES string of the molecule is O=C(CSc1nc2ccccc2s1)N/N=C\c1ccc(OS(=O)(=O)c2ccc3ccccc3c2)cc1. The second-order valence-electron chi connectivity index (χ2n) is 7.64. The molecule has 0 saturated heterocycles. The maximum Gasteiger partial charge on any atom is 0.339 e. The third-order valence-corrected chi connectivity index (χ3v) is 8.52. The number of fused-ring (bicyclic) bond motifs is 2. The van der Waals surface area contributed by atoms with Crippen molar-refractivity contribution < 1.29 is 17.4 Å². The lowest BCUT2D eigenvalue weighted by atomic mass is 10.1. The molecule has 1 aromatic heterocycles. The van der Waals surface area contributed by atoms with Crippen molar-refractivity contribution in [2.24, 2.45) is 5.10 Å². The van der Waals surface area contributed by atoms with Gasteiger partial charge in [0.05, 0.1) is 22.2 Å². The second kappa shape index (κ2) is 10.5. The minimum atomic E-state index is -3.98. The maximum atomic E-state index is 12.7. The highest BCUT2D eigenvalue weighted by Gasteiger charge is 2.17. The lowest BCUT2D eigenvalue weighted by molar-refractivity contribution is -0.118. The lowest BCUT2D eigenvalue weighted by Crippen LogP contribution is -2.19. The minimum Gasteiger partial charge on any atom is -0.379 e. The van der Waals surface area contributed by atoms with Crippen LogP contribution in [-0.2, 0) is 14.9 Å². The first kappa shape index (κ1) is 24.0. The Morgan fingerprint density at radius 2 is 1.72 bits per heavy atom. The standard InChI is InChI=1S/C26H19N3O4S3/c30-25(17-34-26-28-23-7-3-4-8-24(23)35-26)29-27-16-18-9-12-21(13-10-18)33-36(31,32)22-14-11-19-5-1-2-6-20(19)15-22/h1-16H,17H2,(H,29,30)/b27-16-. The molecule has 10 heteroatoms. The Labute approximate surface area is 216 Å². The molecular formula is C26H19N3O4S3. The number of carbonyl (C=O) groups is 1. The largest absolute Gasteiger partial charge is 0.379 e. The molecule has 0 unspecified atom stereocenters. The number of rotatable bonds is 8. The van der Waals surface area contributed by atoms with Crippen LogP contribution in [0.2, 0.25) is 0 Å². The molecule has 0 saturated carbocycles. The number of aromatic nitrogens is 1. The third kappa shape index (κ3) is 5.73. The van der Waals surface area contributed by atoms with Gasteiger partial charge in [0, 0.05) is 0 Å². The molecule has 4 aromatic carbocycles. The number of amides is 1. The summed E-state index contributed by atoms with van der Waals surface area (Å²) < 4.78 is 32.6. The second-order valence-corrected chi connectivity index (χ2v) is 11.4. The van der Waals surface area contributed by atoms with Crippen LogP contribution < -0.4 is 9.61 Å². The highest BCUT2D eigenvalue weighted by molar-refractivity contribution is 8.01. The number of hydrazone groups is 1. The van der Waals surface area contributed by atoms with Gasteiger partial charge in [-0.1, -0.05) is 54.2 Å². The normalized spacial score (nSPS) is 11.8. The fourth-order valence-corrected chi connectivity index (χ4v) is 6.19. The van der Waals surface area contributed by atoms with Crippen molar-refractivity contribution in [3.8, 4) is 5.75 Å². The molecule has 0 fully saturated rings. The molecule has 36 heavy (non-hydrogen) atoms. The number of hydrogen-bond donors (Lipinski definition) is 1. The van der Waals surface area contributed by atoms with E-state index in [-0.39, 0.29) is 22.3 Å². The quantitative estimate of drug-likeness (QED) is 0.123. The van der Waals surface area contributed by atoms with Crippen LogP contribution in [0.25, 0.3) is 21.0 Å². The number of thioether (sulfide) groups is 1. The topological polar surface area (TPSA) is 97.7 Å². The monoisotopic (exact) mass is 533 g/mol. The number of carbonyl (C=O) groups excluding carboxylic acids is 1. The van der Waals surface area contributed by atoms with Crippen LogP contribution in [0.4, 0.5) is 0 Å². The van der Waals surface area contributed by atoms with Gasteiger partial charge < -0.3 is 4.18 Å². The van der Waals surface area contributed by atoms with Crippen LogP contribution in [0.1, 0.15) is 5.56 Å². The number of nitrogens with zero attached hydrogens (tertiary/aromatic N) is 2. The molecule has 0 spiro atoms. The van der Waals surface area contributed by atoms with Crippen molar-refractivity contribution >= 4 is 66.3 Å². The van der Waals surface area contributed by atoms with Crippen LogP contribution in [0.5, 0.6) is 5.75 Å². The number of benzene rings is 4. The average Bonchev–Trinajstić information content (AvgIpc) is 3.31. The third-order valence-electron chi connectivity index (χ3n) is 5.10. The van der Waals surface area contributed by atoms with Gasteiger partial charge in [-0.25, -0.2) is 10.4 Å². The van der Waals surface area contributed by atoms with Gasteiger partial charge in [-0.15, -0.1) is 11.3 Å². The van der Waals surface area contributed by atoms with Crippen LogP contribution >= 0.6 is 23.1 Å². The molecule has 1 heterocycles. The van der Waals surface area contributed by atoms with Crippen molar-refractivity contribution in [3.05, 3.63) is 96.6 Å². The van der Waals surface area contributed by atoms with E-state index in [1.165, 1.54) is 36.2 Å². The molecule has 1 N–H and O–H groups in total. The van der Waals surface area contributed by atoms with Gasteiger partial charge in [0.2, 0.25) is 0 Å². The molecule has 0 aliphatic rings. The van der Waals surface area contributed by atoms with E-state index in [0.717, 1.165) is 25.3 Å². The molecule has 0 atom stereocenters. The van der Waals surface area contributed by atoms with Crippen LogP contribution in [-0.4, -0.2) is 31.3 Å². The zero-order chi connectivity index (χ0) is 25.0. The summed E-state index contributed by atoms with van der Waals surface area (Å²) in [5, 5.41) is 5.72. The predicted octanol–water partition coefficient (Wildman–Crippen LogP) is 5.46.